The number of nitro benzene ring substituents is 1. The van der Waals surface area contributed by atoms with Crippen LogP contribution in [0.15, 0.2) is 24.3 Å². The molecular weight excluding hydrogens is 432 g/mol. The number of hydrogen-bond acceptors (Lipinski definition) is 8. The van der Waals surface area contributed by atoms with E-state index in [9.17, 15) is 24.5 Å². The molecule has 2 N–H and O–H groups in total. The molecule has 2 unspecified atom stereocenters. The Labute approximate surface area is 183 Å². The first-order valence-corrected chi connectivity index (χ1v) is 10.8. The van der Waals surface area contributed by atoms with Crippen LogP contribution in [0.4, 0.5) is 15.3 Å². The first-order valence-electron chi connectivity index (χ1n) is 9.17. The van der Waals surface area contributed by atoms with Gasteiger partial charge >= 0.3 is 12.1 Å². The van der Waals surface area contributed by atoms with E-state index < -0.39 is 17.0 Å². The highest BCUT2D eigenvalue weighted by Gasteiger charge is 2.34. The van der Waals surface area contributed by atoms with E-state index >= 15 is 0 Å². The molecule has 1 heterocycles. The van der Waals surface area contributed by atoms with Crippen molar-refractivity contribution >= 4 is 48.1 Å². The summed E-state index contributed by atoms with van der Waals surface area (Å²) in [6.07, 6.45) is 0.406. The number of carbonyl (C=O) groups is 3. The Morgan fingerprint density at radius 2 is 2.03 bits per heavy atom. The maximum absolute atomic E-state index is 12.5. The number of nitrogens with two attached hydrogens (primary N) is 1. The number of thioether (sulfide) groups is 1. The van der Waals surface area contributed by atoms with Crippen molar-refractivity contribution in [2.75, 3.05) is 25.1 Å². The van der Waals surface area contributed by atoms with E-state index in [0.717, 1.165) is 4.90 Å². The lowest BCUT2D eigenvalue weighted by atomic mass is 10.2. The van der Waals surface area contributed by atoms with Crippen LogP contribution in [0.3, 0.4) is 0 Å². The monoisotopic (exact) mass is 456 g/mol. The normalized spacial score (nSPS) is 18.1. The Morgan fingerprint density at radius 1 is 1.37 bits per heavy atom. The SMILES string of the molecule is CN(C(N)=O)C(=O)CCSCC1CC(S)CN1C(=O)OCc1ccc([N+](=O)[O-])cc1. The molecule has 2 rings (SSSR count). The molecule has 10 nitrogen and oxygen atoms in total. The molecule has 1 aliphatic heterocycles. The van der Waals surface area contributed by atoms with Crippen LogP contribution in [0.25, 0.3) is 0 Å². The van der Waals surface area contributed by atoms with Gasteiger partial charge in [-0.25, -0.2) is 9.59 Å². The smallest absolute Gasteiger partial charge is 0.410 e. The molecule has 2 atom stereocenters. The summed E-state index contributed by atoms with van der Waals surface area (Å²) in [7, 11) is 1.33. The van der Waals surface area contributed by atoms with Crippen molar-refractivity contribution in [3.8, 4) is 0 Å². The van der Waals surface area contributed by atoms with Crippen molar-refractivity contribution in [1.29, 1.82) is 0 Å². The van der Waals surface area contributed by atoms with Crippen molar-refractivity contribution in [3.63, 3.8) is 0 Å². The lowest BCUT2D eigenvalue weighted by Gasteiger charge is -2.23. The number of rotatable bonds is 8. The third-order valence-electron chi connectivity index (χ3n) is 4.61. The van der Waals surface area contributed by atoms with Crippen LogP contribution in [-0.4, -0.2) is 69.1 Å². The molecule has 30 heavy (non-hydrogen) atoms. The molecule has 164 valence electrons. The number of carbonyl (C=O) groups excluding carboxylic acids is 3. The fourth-order valence-corrected chi connectivity index (χ4v) is 4.38. The summed E-state index contributed by atoms with van der Waals surface area (Å²) in [4.78, 5) is 47.9. The summed E-state index contributed by atoms with van der Waals surface area (Å²) >= 11 is 5.97. The zero-order valence-electron chi connectivity index (χ0n) is 16.4. The molecular formula is C18H24N4O6S2. The average Bonchev–Trinajstić information content (AvgIpc) is 3.09. The number of benzene rings is 1. The third-order valence-corrected chi connectivity index (χ3v) is 6.10. The predicted octanol–water partition coefficient (Wildman–Crippen LogP) is 2.26. The van der Waals surface area contributed by atoms with E-state index in [2.05, 4.69) is 12.6 Å². The van der Waals surface area contributed by atoms with Crippen LogP contribution in [-0.2, 0) is 16.1 Å². The summed E-state index contributed by atoms with van der Waals surface area (Å²) in [5, 5.41) is 10.7. The molecule has 0 aliphatic carbocycles. The Bertz CT molecular complexity index is 791. The second-order valence-corrected chi connectivity index (χ2v) is 8.67. The molecule has 12 heteroatoms. The number of primary amides is 1. The molecule has 1 aromatic carbocycles. The molecule has 4 amide bonds. The standard InChI is InChI=1S/C18H24N4O6S2/c1-20(17(19)24)16(23)6-7-30-11-14-8-15(29)9-21(14)18(25)28-10-12-2-4-13(5-3-12)22(26)27/h2-5,14-15,29H,6-11H2,1H3,(H2,19,24). The fourth-order valence-electron chi connectivity index (χ4n) is 2.88. The third kappa shape index (κ3) is 6.80. The number of likely N-dealkylation sites (tertiary alicyclic amines) is 1. The van der Waals surface area contributed by atoms with Crippen molar-refractivity contribution in [3.05, 3.63) is 39.9 Å². The molecule has 0 aromatic heterocycles. The van der Waals surface area contributed by atoms with Crippen LogP contribution in [0.2, 0.25) is 0 Å². The summed E-state index contributed by atoms with van der Waals surface area (Å²) < 4.78 is 5.36. The van der Waals surface area contributed by atoms with Gasteiger partial charge in [0.1, 0.15) is 6.61 Å². The number of amides is 4. The van der Waals surface area contributed by atoms with Crippen molar-refractivity contribution < 1.29 is 24.0 Å². The highest BCUT2D eigenvalue weighted by Crippen LogP contribution is 2.26. The Kier molecular flexibility index (Phi) is 8.78. The van der Waals surface area contributed by atoms with Crippen LogP contribution in [0, 0.1) is 10.1 Å². The van der Waals surface area contributed by atoms with Crippen LogP contribution < -0.4 is 5.73 Å². The van der Waals surface area contributed by atoms with Gasteiger partial charge in [0.05, 0.1) is 4.92 Å². The van der Waals surface area contributed by atoms with E-state index in [1.54, 1.807) is 17.0 Å². The maximum atomic E-state index is 12.5. The largest absolute Gasteiger partial charge is 0.445 e. The highest BCUT2D eigenvalue weighted by atomic mass is 32.2. The van der Waals surface area contributed by atoms with Gasteiger partial charge in [-0.05, 0) is 24.1 Å². The van der Waals surface area contributed by atoms with E-state index in [-0.39, 0.29) is 35.9 Å². The summed E-state index contributed by atoms with van der Waals surface area (Å²) in [5.74, 6) is 0.750. The minimum Gasteiger partial charge on any atom is -0.445 e. The molecule has 0 spiro atoms. The zero-order valence-corrected chi connectivity index (χ0v) is 18.1. The average molecular weight is 457 g/mol. The number of ether oxygens (including phenoxy) is 1. The zero-order chi connectivity index (χ0) is 22.3. The van der Waals surface area contributed by atoms with E-state index in [1.807, 2.05) is 0 Å². The van der Waals surface area contributed by atoms with Gasteiger partial charge in [0.2, 0.25) is 5.91 Å². The lowest BCUT2D eigenvalue weighted by molar-refractivity contribution is -0.384. The number of urea groups is 1. The number of imide groups is 1. The fraction of sp³-hybridized carbons (Fsp3) is 0.500. The van der Waals surface area contributed by atoms with Gasteiger partial charge in [0.25, 0.3) is 5.69 Å². The van der Waals surface area contributed by atoms with E-state index in [1.165, 1.54) is 30.9 Å². The number of nitro groups is 1. The second kappa shape index (κ2) is 11.1. The van der Waals surface area contributed by atoms with Crippen molar-refractivity contribution in [2.45, 2.75) is 30.7 Å². The molecule has 1 saturated heterocycles. The number of thiol groups is 1. The lowest BCUT2D eigenvalue weighted by Crippen LogP contribution is -2.38. The topological polar surface area (TPSA) is 136 Å². The van der Waals surface area contributed by atoms with E-state index in [0.29, 0.717) is 30.0 Å². The molecule has 0 saturated carbocycles. The number of hydrogen-bond donors (Lipinski definition) is 2. The molecule has 1 aliphatic rings. The van der Waals surface area contributed by atoms with Gasteiger partial charge in [0.15, 0.2) is 0 Å². The quantitative estimate of drug-likeness (QED) is 0.265. The van der Waals surface area contributed by atoms with Crippen molar-refractivity contribution in [2.24, 2.45) is 5.73 Å². The van der Waals surface area contributed by atoms with Gasteiger partial charge in [-0.3, -0.25) is 19.8 Å². The van der Waals surface area contributed by atoms with Gasteiger partial charge in [-0.1, -0.05) is 0 Å². The first-order chi connectivity index (χ1) is 14.2. The minimum absolute atomic E-state index is 0.0123. The molecule has 0 radical (unpaired) electrons. The molecule has 1 aromatic rings. The van der Waals surface area contributed by atoms with Crippen molar-refractivity contribution in [1.82, 2.24) is 9.80 Å². The predicted molar refractivity (Wildman–Crippen MR) is 115 cm³/mol. The summed E-state index contributed by atoms with van der Waals surface area (Å²) in [6.45, 7) is 0.467. The molecule has 1 fully saturated rings. The summed E-state index contributed by atoms with van der Waals surface area (Å²) in [6, 6.07) is 4.94. The van der Waals surface area contributed by atoms with E-state index in [4.69, 9.17) is 10.5 Å². The maximum Gasteiger partial charge on any atom is 0.410 e. The number of nitrogens with zero attached hydrogens (tertiary/aromatic N) is 3. The summed E-state index contributed by atoms with van der Waals surface area (Å²) in [5.41, 5.74) is 5.69. The van der Waals surface area contributed by atoms with Gasteiger partial charge in [0, 0.05) is 54.9 Å². The highest BCUT2D eigenvalue weighted by molar-refractivity contribution is 7.99. The molecule has 0 bridgehead atoms. The number of non-ortho nitro benzene ring substituents is 1. The van der Waals surface area contributed by atoms with Crippen LogP contribution in [0.5, 0.6) is 0 Å². The van der Waals surface area contributed by atoms with Crippen LogP contribution >= 0.6 is 24.4 Å². The minimum atomic E-state index is -0.791. The Hall–Kier alpha value is -2.47. The Balaban J connectivity index is 1.80. The first kappa shape index (κ1) is 23.8. The Morgan fingerprint density at radius 3 is 2.63 bits per heavy atom. The van der Waals surface area contributed by atoms with Gasteiger partial charge in [-0.2, -0.15) is 24.4 Å². The van der Waals surface area contributed by atoms with Gasteiger partial charge in [-0.15, -0.1) is 0 Å². The van der Waals surface area contributed by atoms with Crippen LogP contribution in [0.1, 0.15) is 18.4 Å². The van der Waals surface area contributed by atoms with Gasteiger partial charge < -0.3 is 15.4 Å². The second-order valence-electron chi connectivity index (χ2n) is 6.79.